The Balaban J connectivity index is 2.24. The molecule has 0 saturated heterocycles. The number of hydrogen-bond donors (Lipinski definition) is 0. The quantitative estimate of drug-likeness (QED) is 0.772. The van der Waals surface area contributed by atoms with E-state index in [4.69, 9.17) is 9.47 Å². The Morgan fingerprint density at radius 3 is 2.63 bits per heavy atom. The van der Waals surface area contributed by atoms with Gasteiger partial charge in [0.05, 0.1) is 7.11 Å². The van der Waals surface area contributed by atoms with E-state index in [1.165, 1.54) is 0 Å². The minimum Gasteiger partial charge on any atom is -0.496 e. The normalized spacial score (nSPS) is 16.9. The van der Waals surface area contributed by atoms with Gasteiger partial charge in [0.15, 0.2) is 0 Å². The summed E-state index contributed by atoms with van der Waals surface area (Å²) < 4.78 is 10.9. The van der Waals surface area contributed by atoms with Gasteiger partial charge < -0.3 is 9.47 Å². The molecule has 0 bridgehead atoms. The van der Waals surface area contributed by atoms with Crippen LogP contribution in [0.4, 0.5) is 0 Å². The molecule has 3 nitrogen and oxygen atoms in total. The van der Waals surface area contributed by atoms with Crippen molar-refractivity contribution in [2.24, 2.45) is 0 Å². The zero-order chi connectivity index (χ0) is 13.9. The van der Waals surface area contributed by atoms with E-state index in [0.717, 1.165) is 31.2 Å². The van der Waals surface area contributed by atoms with Crippen LogP contribution in [-0.4, -0.2) is 18.7 Å². The highest BCUT2D eigenvalue weighted by Gasteiger charge is 2.33. The molecule has 0 N–H and O–H groups in total. The van der Waals surface area contributed by atoms with Gasteiger partial charge in [-0.1, -0.05) is 18.7 Å². The molecular formula is C16H20O3. The molecule has 1 fully saturated rings. The van der Waals surface area contributed by atoms with Gasteiger partial charge in [-0.3, -0.25) is 0 Å². The number of rotatable bonds is 4. The Labute approximate surface area is 114 Å². The van der Waals surface area contributed by atoms with Gasteiger partial charge in [0.25, 0.3) is 0 Å². The van der Waals surface area contributed by atoms with Crippen LogP contribution in [0.3, 0.4) is 0 Å². The van der Waals surface area contributed by atoms with Crippen molar-refractivity contribution in [3.8, 4) is 5.75 Å². The molecule has 102 valence electrons. The molecule has 0 aromatic heterocycles. The lowest BCUT2D eigenvalue weighted by Gasteiger charge is -2.24. The van der Waals surface area contributed by atoms with E-state index in [-0.39, 0.29) is 11.6 Å². The Hall–Kier alpha value is -1.77. The summed E-state index contributed by atoms with van der Waals surface area (Å²) in [5.41, 5.74) is 1.02. The van der Waals surface area contributed by atoms with Gasteiger partial charge in [-0.2, -0.15) is 0 Å². The first kappa shape index (κ1) is 13.7. The van der Waals surface area contributed by atoms with Gasteiger partial charge in [0.1, 0.15) is 16.9 Å². The van der Waals surface area contributed by atoms with Crippen LogP contribution in [-0.2, 0) is 4.74 Å². The van der Waals surface area contributed by atoms with Gasteiger partial charge in [-0.15, -0.1) is 0 Å². The fraction of sp³-hybridized carbons (Fsp3) is 0.438. The van der Waals surface area contributed by atoms with Crippen molar-refractivity contribution < 1.29 is 14.3 Å². The molecule has 1 aliphatic carbocycles. The lowest BCUT2D eigenvalue weighted by Crippen LogP contribution is -2.28. The van der Waals surface area contributed by atoms with E-state index < -0.39 is 0 Å². The maximum absolute atomic E-state index is 12.3. The van der Waals surface area contributed by atoms with E-state index in [9.17, 15) is 4.79 Å². The Morgan fingerprint density at radius 2 is 2.05 bits per heavy atom. The molecule has 0 radical (unpaired) electrons. The molecular weight excluding hydrogens is 240 g/mol. The monoisotopic (exact) mass is 260 g/mol. The molecule has 1 saturated carbocycles. The van der Waals surface area contributed by atoms with Crippen LogP contribution >= 0.6 is 0 Å². The molecule has 19 heavy (non-hydrogen) atoms. The maximum Gasteiger partial charge on any atom is 0.342 e. The van der Waals surface area contributed by atoms with Gasteiger partial charge in [0, 0.05) is 0 Å². The van der Waals surface area contributed by atoms with Crippen molar-refractivity contribution in [3.05, 3.63) is 35.9 Å². The summed E-state index contributed by atoms with van der Waals surface area (Å²) in [6.45, 7) is 5.71. The molecule has 0 spiro atoms. The van der Waals surface area contributed by atoms with Crippen LogP contribution in [0.25, 0.3) is 6.08 Å². The first-order chi connectivity index (χ1) is 9.08. The zero-order valence-corrected chi connectivity index (χ0v) is 11.6. The number of carbonyl (C=O) groups excluding carboxylic acids is 1. The Morgan fingerprint density at radius 1 is 1.37 bits per heavy atom. The van der Waals surface area contributed by atoms with Gasteiger partial charge >= 0.3 is 5.97 Å². The largest absolute Gasteiger partial charge is 0.496 e. The molecule has 0 aliphatic heterocycles. The molecule has 0 atom stereocenters. The van der Waals surface area contributed by atoms with E-state index in [1.54, 1.807) is 25.3 Å². The second-order valence-electron chi connectivity index (χ2n) is 5.21. The smallest absolute Gasteiger partial charge is 0.342 e. The third-order valence-corrected chi connectivity index (χ3v) is 3.68. The van der Waals surface area contributed by atoms with Crippen LogP contribution in [0.5, 0.6) is 5.75 Å². The van der Waals surface area contributed by atoms with Crippen LogP contribution in [0.15, 0.2) is 24.8 Å². The number of ether oxygens (including phenoxy) is 2. The number of esters is 1. The summed E-state index contributed by atoms with van der Waals surface area (Å²) in [5.74, 6) is 0.224. The van der Waals surface area contributed by atoms with E-state index >= 15 is 0 Å². The Bertz CT molecular complexity index is 485. The first-order valence-electron chi connectivity index (χ1n) is 6.62. The summed E-state index contributed by atoms with van der Waals surface area (Å²) in [7, 11) is 1.55. The number of hydrogen-bond acceptors (Lipinski definition) is 3. The maximum atomic E-state index is 12.3. The van der Waals surface area contributed by atoms with Crippen LogP contribution in [0, 0.1) is 0 Å². The van der Waals surface area contributed by atoms with Gasteiger partial charge in [0.2, 0.25) is 0 Å². The van der Waals surface area contributed by atoms with Crippen molar-refractivity contribution >= 4 is 12.0 Å². The van der Waals surface area contributed by atoms with Crippen molar-refractivity contribution in [2.45, 2.75) is 38.2 Å². The highest BCUT2D eigenvalue weighted by Crippen LogP contribution is 2.34. The predicted molar refractivity (Wildman–Crippen MR) is 75.4 cm³/mol. The van der Waals surface area contributed by atoms with Gasteiger partial charge in [-0.25, -0.2) is 4.79 Å². The molecule has 0 unspecified atom stereocenters. The van der Waals surface area contributed by atoms with E-state index in [2.05, 4.69) is 6.58 Å². The second kappa shape index (κ2) is 5.47. The second-order valence-corrected chi connectivity index (χ2v) is 5.21. The van der Waals surface area contributed by atoms with Crippen molar-refractivity contribution in [1.82, 2.24) is 0 Å². The van der Waals surface area contributed by atoms with Crippen molar-refractivity contribution in [3.63, 3.8) is 0 Å². The summed E-state index contributed by atoms with van der Waals surface area (Å²) in [6.07, 6.45) is 5.80. The molecule has 0 amide bonds. The summed E-state index contributed by atoms with van der Waals surface area (Å²) >= 11 is 0. The highest BCUT2D eigenvalue weighted by molar-refractivity contribution is 5.93. The van der Waals surface area contributed by atoms with E-state index in [1.807, 2.05) is 13.0 Å². The SMILES string of the molecule is C=Cc1ccc(OC)c(C(=O)OC2(C)CCCC2)c1. The molecule has 3 heteroatoms. The summed E-state index contributed by atoms with van der Waals surface area (Å²) in [5, 5.41) is 0. The molecule has 1 aromatic rings. The van der Waals surface area contributed by atoms with Crippen LogP contribution < -0.4 is 4.74 Å². The third kappa shape index (κ3) is 2.98. The van der Waals surface area contributed by atoms with E-state index in [0.29, 0.717) is 11.3 Å². The number of benzene rings is 1. The lowest BCUT2D eigenvalue weighted by molar-refractivity contribution is -0.00636. The average molecular weight is 260 g/mol. The summed E-state index contributed by atoms with van der Waals surface area (Å²) in [4.78, 5) is 12.3. The molecule has 1 aliphatic rings. The van der Waals surface area contributed by atoms with Crippen molar-refractivity contribution in [2.75, 3.05) is 7.11 Å². The topological polar surface area (TPSA) is 35.5 Å². The van der Waals surface area contributed by atoms with Crippen molar-refractivity contribution in [1.29, 1.82) is 0 Å². The standard InChI is InChI=1S/C16H20O3/c1-4-12-7-8-14(18-3)13(11-12)15(17)19-16(2)9-5-6-10-16/h4,7-8,11H,1,5-6,9-10H2,2-3H3. The molecule has 2 rings (SSSR count). The van der Waals surface area contributed by atoms with Crippen LogP contribution in [0.2, 0.25) is 0 Å². The lowest BCUT2D eigenvalue weighted by atomic mass is 10.0. The Kier molecular flexibility index (Phi) is 3.93. The van der Waals surface area contributed by atoms with Crippen LogP contribution in [0.1, 0.15) is 48.5 Å². The number of methoxy groups -OCH3 is 1. The third-order valence-electron chi connectivity index (χ3n) is 3.68. The number of carbonyl (C=O) groups is 1. The highest BCUT2D eigenvalue weighted by atomic mass is 16.6. The molecule has 0 heterocycles. The van der Waals surface area contributed by atoms with Gasteiger partial charge in [-0.05, 0) is 50.3 Å². The summed E-state index contributed by atoms with van der Waals surface area (Å²) in [6, 6.07) is 5.39. The predicted octanol–water partition coefficient (Wildman–Crippen LogP) is 3.83. The zero-order valence-electron chi connectivity index (χ0n) is 11.6. The fourth-order valence-corrected chi connectivity index (χ4v) is 2.52. The minimum atomic E-state index is -0.327. The minimum absolute atomic E-state index is 0.315. The first-order valence-corrected chi connectivity index (χ1v) is 6.62. The average Bonchev–Trinajstić information content (AvgIpc) is 2.84. The molecule has 1 aromatic carbocycles. The fourth-order valence-electron chi connectivity index (χ4n) is 2.52.